The van der Waals surface area contributed by atoms with Gasteiger partial charge in [-0.25, -0.2) is 4.98 Å². The van der Waals surface area contributed by atoms with Crippen LogP contribution in [-0.2, 0) is 6.42 Å². The van der Waals surface area contributed by atoms with Gasteiger partial charge >= 0.3 is 0 Å². The summed E-state index contributed by atoms with van der Waals surface area (Å²) in [5, 5.41) is 0. The molecule has 0 bridgehead atoms. The van der Waals surface area contributed by atoms with E-state index in [0.29, 0.717) is 6.61 Å². The van der Waals surface area contributed by atoms with E-state index in [2.05, 4.69) is 4.98 Å². The molecule has 1 atom stereocenters. The van der Waals surface area contributed by atoms with E-state index in [1.165, 1.54) is 12.3 Å². The van der Waals surface area contributed by atoms with Crippen molar-refractivity contribution in [3.8, 4) is 16.9 Å². The van der Waals surface area contributed by atoms with E-state index in [1.54, 1.807) is 6.07 Å². The van der Waals surface area contributed by atoms with Crippen molar-refractivity contribution in [2.75, 3.05) is 6.61 Å². The first-order valence-electron chi connectivity index (χ1n) is 5.86. The maximum Gasteiger partial charge on any atom is 0.213 e. The van der Waals surface area contributed by atoms with Crippen LogP contribution >= 0.6 is 0 Å². The Labute approximate surface area is 104 Å². The van der Waals surface area contributed by atoms with Crippen LogP contribution in [0.25, 0.3) is 11.1 Å². The van der Waals surface area contributed by atoms with Crippen molar-refractivity contribution in [1.29, 1.82) is 0 Å². The standard InChI is InChI=1S/C14H13FN2O/c15-14-6-9(4-5-17-14)11-2-1-3-13-12(11)7-10(16)8-18-13/h1-6,10H,7-8,16H2/t10-/m0/s1. The summed E-state index contributed by atoms with van der Waals surface area (Å²) in [6.07, 6.45) is 2.21. The maximum absolute atomic E-state index is 13.2. The molecule has 1 aliphatic rings. The lowest BCUT2D eigenvalue weighted by atomic mass is 9.93. The predicted molar refractivity (Wildman–Crippen MR) is 66.8 cm³/mol. The molecule has 0 saturated carbocycles. The molecule has 0 amide bonds. The fourth-order valence-electron chi connectivity index (χ4n) is 2.27. The fraction of sp³-hybridized carbons (Fsp3) is 0.214. The van der Waals surface area contributed by atoms with Crippen LogP contribution < -0.4 is 10.5 Å². The highest BCUT2D eigenvalue weighted by molar-refractivity contribution is 5.70. The first kappa shape index (κ1) is 11.2. The first-order valence-corrected chi connectivity index (χ1v) is 5.86. The molecule has 2 N–H and O–H groups in total. The summed E-state index contributed by atoms with van der Waals surface area (Å²) in [5.41, 5.74) is 8.72. The van der Waals surface area contributed by atoms with Crippen molar-refractivity contribution in [1.82, 2.24) is 4.98 Å². The summed E-state index contributed by atoms with van der Waals surface area (Å²) < 4.78 is 18.8. The monoisotopic (exact) mass is 244 g/mol. The topological polar surface area (TPSA) is 48.1 Å². The largest absolute Gasteiger partial charge is 0.492 e. The third-order valence-electron chi connectivity index (χ3n) is 3.09. The van der Waals surface area contributed by atoms with Gasteiger partial charge in [0.2, 0.25) is 5.95 Å². The minimum atomic E-state index is -0.480. The number of hydrogen-bond donors (Lipinski definition) is 1. The summed E-state index contributed by atoms with van der Waals surface area (Å²) in [6, 6.07) is 8.99. The molecular weight excluding hydrogens is 231 g/mol. The van der Waals surface area contributed by atoms with Crippen LogP contribution in [0.1, 0.15) is 5.56 Å². The second-order valence-corrected chi connectivity index (χ2v) is 4.42. The van der Waals surface area contributed by atoms with Crippen molar-refractivity contribution in [2.45, 2.75) is 12.5 Å². The Kier molecular flexibility index (Phi) is 2.72. The number of nitrogens with zero attached hydrogens (tertiary/aromatic N) is 1. The third-order valence-corrected chi connectivity index (χ3v) is 3.09. The van der Waals surface area contributed by atoms with Gasteiger partial charge in [-0.2, -0.15) is 4.39 Å². The summed E-state index contributed by atoms with van der Waals surface area (Å²) in [7, 11) is 0. The zero-order valence-corrected chi connectivity index (χ0v) is 9.77. The van der Waals surface area contributed by atoms with Crippen molar-refractivity contribution in [3.05, 3.63) is 48.0 Å². The number of halogens is 1. The molecule has 1 aromatic heterocycles. The second-order valence-electron chi connectivity index (χ2n) is 4.42. The summed E-state index contributed by atoms with van der Waals surface area (Å²) in [4.78, 5) is 3.57. The zero-order chi connectivity index (χ0) is 12.5. The van der Waals surface area contributed by atoms with Gasteiger partial charge in [-0.05, 0) is 29.7 Å². The molecule has 2 aromatic rings. The van der Waals surface area contributed by atoms with E-state index < -0.39 is 5.95 Å². The third kappa shape index (κ3) is 1.95. The Morgan fingerprint density at radius 1 is 1.33 bits per heavy atom. The van der Waals surface area contributed by atoms with Gasteiger partial charge in [-0.15, -0.1) is 0 Å². The highest BCUT2D eigenvalue weighted by Crippen LogP contribution is 2.33. The van der Waals surface area contributed by atoms with Gasteiger partial charge < -0.3 is 10.5 Å². The number of pyridine rings is 1. The van der Waals surface area contributed by atoms with Gasteiger partial charge in [0, 0.05) is 23.9 Å². The van der Waals surface area contributed by atoms with Crippen LogP contribution in [0.15, 0.2) is 36.5 Å². The highest BCUT2D eigenvalue weighted by atomic mass is 19.1. The predicted octanol–water partition coefficient (Wildman–Crippen LogP) is 2.15. The second kappa shape index (κ2) is 4.38. The minimum Gasteiger partial charge on any atom is -0.492 e. The number of benzene rings is 1. The number of hydrogen-bond acceptors (Lipinski definition) is 3. The minimum absolute atomic E-state index is 0.00895. The van der Waals surface area contributed by atoms with Gasteiger partial charge in [0.15, 0.2) is 0 Å². The molecule has 4 heteroatoms. The number of rotatable bonds is 1. The van der Waals surface area contributed by atoms with Crippen molar-refractivity contribution in [3.63, 3.8) is 0 Å². The fourth-order valence-corrected chi connectivity index (χ4v) is 2.27. The van der Waals surface area contributed by atoms with Crippen LogP contribution in [0.3, 0.4) is 0 Å². The van der Waals surface area contributed by atoms with Gasteiger partial charge in [-0.1, -0.05) is 12.1 Å². The van der Waals surface area contributed by atoms with Crippen molar-refractivity contribution in [2.24, 2.45) is 5.73 Å². The van der Waals surface area contributed by atoms with Gasteiger partial charge in [0.1, 0.15) is 12.4 Å². The van der Waals surface area contributed by atoms with Crippen LogP contribution in [0.5, 0.6) is 5.75 Å². The molecule has 0 saturated heterocycles. The van der Waals surface area contributed by atoms with Crippen LogP contribution in [0.2, 0.25) is 0 Å². The summed E-state index contributed by atoms with van der Waals surface area (Å²) in [5.74, 6) is 0.359. The van der Waals surface area contributed by atoms with E-state index >= 15 is 0 Å². The van der Waals surface area contributed by atoms with Gasteiger partial charge in [0.05, 0.1) is 0 Å². The normalized spacial score (nSPS) is 18.0. The van der Waals surface area contributed by atoms with E-state index in [9.17, 15) is 4.39 Å². The molecule has 1 aliphatic heterocycles. The Morgan fingerprint density at radius 2 is 2.22 bits per heavy atom. The average Bonchev–Trinajstić information content (AvgIpc) is 2.38. The Morgan fingerprint density at radius 3 is 3.06 bits per heavy atom. The number of fused-ring (bicyclic) bond motifs is 1. The van der Waals surface area contributed by atoms with Crippen LogP contribution in [0, 0.1) is 5.95 Å². The maximum atomic E-state index is 13.2. The van der Waals surface area contributed by atoms with E-state index in [-0.39, 0.29) is 6.04 Å². The van der Waals surface area contributed by atoms with Gasteiger partial charge in [-0.3, -0.25) is 0 Å². The molecule has 0 spiro atoms. The lowest BCUT2D eigenvalue weighted by Gasteiger charge is -2.24. The SMILES string of the molecule is N[C@@H]1COc2cccc(-c3ccnc(F)c3)c2C1. The molecule has 0 unspecified atom stereocenters. The summed E-state index contributed by atoms with van der Waals surface area (Å²) in [6.45, 7) is 0.529. The lowest BCUT2D eigenvalue weighted by Crippen LogP contribution is -2.34. The first-order chi connectivity index (χ1) is 8.74. The molecule has 0 fully saturated rings. The molecule has 92 valence electrons. The lowest BCUT2D eigenvalue weighted by molar-refractivity contribution is 0.264. The molecule has 3 nitrogen and oxygen atoms in total. The average molecular weight is 244 g/mol. The van der Waals surface area contributed by atoms with Crippen LogP contribution in [-0.4, -0.2) is 17.6 Å². The van der Waals surface area contributed by atoms with Crippen molar-refractivity contribution < 1.29 is 9.13 Å². The molecule has 0 aliphatic carbocycles. The quantitative estimate of drug-likeness (QED) is 0.782. The van der Waals surface area contributed by atoms with E-state index in [4.69, 9.17) is 10.5 Å². The Hall–Kier alpha value is -1.94. The Balaban J connectivity index is 2.13. The number of ether oxygens (including phenoxy) is 1. The smallest absolute Gasteiger partial charge is 0.213 e. The number of aromatic nitrogens is 1. The molecule has 18 heavy (non-hydrogen) atoms. The molecule has 2 heterocycles. The van der Waals surface area contributed by atoms with Gasteiger partial charge in [0.25, 0.3) is 0 Å². The van der Waals surface area contributed by atoms with Crippen molar-refractivity contribution >= 4 is 0 Å². The summed E-state index contributed by atoms with van der Waals surface area (Å²) >= 11 is 0. The number of nitrogens with two attached hydrogens (primary N) is 1. The molecule has 1 aromatic carbocycles. The Bertz CT molecular complexity index is 586. The zero-order valence-electron chi connectivity index (χ0n) is 9.77. The molecule has 3 rings (SSSR count). The molecule has 0 radical (unpaired) electrons. The van der Waals surface area contributed by atoms with E-state index in [1.807, 2.05) is 18.2 Å². The van der Waals surface area contributed by atoms with E-state index in [0.717, 1.165) is 28.9 Å². The van der Waals surface area contributed by atoms with Crippen LogP contribution in [0.4, 0.5) is 4.39 Å². The molecular formula is C14H13FN2O. The highest BCUT2D eigenvalue weighted by Gasteiger charge is 2.20.